The van der Waals surface area contributed by atoms with Crippen molar-refractivity contribution < 1.29 is 19.8 Å². The lowest BCUT2D eigenvalue weighted by atomic mass is 9.92. The lowest BCUT2D eigenvalue weighted by molar-refractivity contribution is -0.127. The van der Waals surface area contributed by atoms with Gasteiger partial charge in [-0.25, -0.2) is 0 Å². The van der Waals surface area contributed by atoms with Crippen LogP contribution in [0.25, 0.3) is 0 Å². The Morgan fingerprint density at radius 2 is 1.79 bits per heavy atom. The first-order valence-electron chi connectivity index (χ1n) is 11.6. The Morgan fingerprint density at radius 3 is 2.55 bits per heavy atom. The molecule has 0 saturated carbocycles. The molecular weight excluding hydrogens is 484 g/mol. The lowest BCUT2D eigenvalue weighted by Gasteiger charge is -2.24. The summed E-state index contributed by atoms with van der Waals surface area (Å²) in [5, 5.41) is 27.8. The van der Waals surface area contributed by atoms with Crippen molar-refractivity contribution in [3.63, 3.8) is 0 Å². The topological polar surface area (TPSA) is 98.7 Å². The number of hydrogen-bond acceptors (Lipinski definition) is 4. The van der Waals surface area contributed by atoms with Gasteiger partial charge in [-0.2, -0.15) is 0 Å². The summed E-state index contributed by atoms with van der Waals surface area (Å²) < 4.78 is 0. The second kappa shape index (κ2) is 12.9. The fourth-order valence-corrected chi connectivity index (χ4v) is 4.71. The van der Waals surface area contributed by atoms with Crippen molar-refractivity contribution in [1.29, 1.82) is 0 Å². The summed E-state index contributed by atoms with van der Waals surface area (Å²) in [5.74, 6) is -0.792. The first-order valence-corrected chi connectivity index (χ1v) is 12.7. The summed E-state index contributed by atoms with van der Waals surface area (Å²) in [6.07, 6.45) is 1.81. The SMILES string of the molecule is O=C(CCCCBr)NC[C@@H](O)C[C@@H](Cc1ccccc1)C(=O)N[C@H]1c2ccccc2C[C@H]1O. The number of benzene rings is 2. The molecule has 0 saturated heterocycles. The highest BCUT2D eigenvalue weighted by Crippen LogP contribution is 2.31. The first kappa shape index (κ1) is 25.4. The molecule has 0 heterocycles. The normalized spacial score (nSPS) is 18.9. The molecule has 0 aromatic heterocycles. The van der Waals surface area contributed by atoms with Crippen molar-refractivity contribution in [2.45, 2.75) is 56.8 Å². The number of alkyl halides is 1. The van der Waals surface area contributed by atoms with Crippen LogP contribution in [0.1, 0.15) is 48.4 Å². The summed E-state index contributed by atoms with van der Waals surface area (Å²) in [4.78, 5) is 25.3. The van der Waals surface area contributed by atoms with Crippen LogP contribution in [-0.2, 0) is 22.4 Å². The van der Waals surface area contributed by atoms with Gasteiger partial charge in [0.25, 0.3) is 0 Å². The zero-order valence-corrected chi connectivity index (χ0v) is 20.3. The minimum absolute atomic E-state index is 0.0928. The Hall–Kier alpha value is -2.22. The number of aliphatic hydroxyl groups is 2. The Morgan fingerprint density at radius 1 is 1.06 bits per heavy atom. The van der Waals surface area contributed by atoms with Gasteiger partial charge in [-0.1, -0.05) is 70.5 Å². The van der Waals surface area contributed by atoms with E-state index >= 15 is 0 Å². The highest BCUT2D eigenvalue weighted by Gasteiger charge is 2.34. The lowest BCUT2D eigenvalue weighted by Crippen LogP contribution is -2.41. The number of unbranched alkanes of at least 4 members (excludes halogenated alkanes) is 1. The van der Waals surface area contributed by atoms with Gasteiger partial charge in [0.05, 0.1) is 18.2 Å². The van der Waals surface area contributed by atoms with Gasteiger partial charge in [0.1, 0.15) is 0 Å². The Kier molecular flexibility index (Phi) is 9.91. The van der Waals surface area contributed by atoms with Crippen LogP contribution in [0.15, 0.2) is 54.6 Å². The molecule has 1 aliphatic rings. The number of amides is 2. The van der Waals surface area contributed by atoms with E-state index in [4.69, 9.17) is 0 Å². The average Bonchev–Trinajstić information content (AvgIpc) is 3.13. The van der Waals surface area contributed by atoms with Crippen molar-refractivity contribution in [2.75, 3.05) is 11.9 Å². The van der Waals surface area contributed by atoms with E-state index in [1.165, 1.54) is 0 Å². The molecule has 33 heavy (non-hydrogen) atoms. The molecule has 0 radical (unpaired) electrons. The predicted molar refractivity (Wildman–Crippen MR) is 132 cm³/mol. The molecule has 0 spiro atoms. The standard InChI is InChI=1S/C26H33BrN2O4/c27-13-7-6-12-24(32)28-17-21(30)15-20(14-18-8-2-1-3-9-18)26(33)29-25-22-11-5-4-10-19(22)16-23(25)31/h1-5,8-11,20-21,23,25,30-31H,6-7,12-17H2,(H,28,32)(H,29,33)/t20-,21+,23-,25+/m1/s1. The van der Waals surface area contributed by atoms with E-state index in [9.17, 15) is 19.8 Å². The molecule has 0 unspecified atom stereocenters. The number of nitrogens with one attached hydrogen (secondary N) is 2. The van der Waals surface area contributed by atoms with E-state index in [1.807, 2.05) is 54.6 Å². The minimum Gasteiger partial charge on any atom is -0.391 e. The molecule has 6 nitrogen and oxygen atoms in total. The molecular formula is C26H33BrN2O4. The van der Waals surface area contributed by atoms with Crippen molar-refractivity contribution in [3.05, 3.63) is 71.3 Å². The van der Waals surface area contributed by atoms with Crippen LogP contribution >= 0.6 is 15.9 Å². The van der Waals surface area contributed by atoms with Gasteiger partial charge >= 0.3 is 0 Å². The Balaban J connectivity index is 1.62. The van der Waals surface area contributed by atoms with E-state index < -0.39 is 24.2 Å². The van der Waals surface area contributed by atoms with Crippen molar-refractivity contribution in [2.24, 2.45) is 5.92 Å². The molecule has 4 atom stereocenters. The monoisotopic (exact) mass is 516 g/mol. The third-order valence-corrected chi connectivity index (χ3v) is 6.64. The molecule has 4 N–H and O–H groups in total. The molecule has 2 amide bonds. The van der Waals surface area contributed by atoms with Gasteiger partial charge in [0.2, 0.25) is 11.8 Å². The van der Waals surface area contributed by atoms with Gasteiger partial charge in [-0.3, -0.25) is 9.59 Å². The molecule has 0 aliphatic heterocycles. The number of aliphatic hydroxyl groups excluding tert-OH is 2. The Labute approximate surface area is 203 Å². The number of carbonyl (C=O) groups excluding carboxylic acids is 2. The van der Waals surface area contributed by atoms with Gasteiger partial charge in [-0.05, 0) is 42.4 Å². The average molecular weight is 517 g/mol. The first-order chi connectivity index (χ1) is 16.0. The van der Waals surface area contributed by atoms with Crippen LogP contribution in [0.3, 0.4) is 0 Å². The van der Waals surface area contributed by atoms with Crippen molar-refractivity contribution in [1.82, 2.24) is 10.6 Å². The maximum absolute atomic E-state index is 13.3. The molecule has 178 valence electrons. The maximum atomic E-state index is 13.3. The van der Waals surface area contributed by atoms with Crippen LogP contribution in [0.2, 0.25) is 0 Å². The molecule has 2 aromatic carbocycles. The van der Waals surface area contributed by atoms with Crippen LogP contribution in [-0.4, -0.2) is 46.1 Å². The molecule has 7 heteroatoms. The van der Waals surface area contributed by atoms with Crippen LogP contribution in [0, 0.1) is 5.92 Å². The second-order valence-electron chi connectivity index (χ2n) is 8.68. The van der Waals surface area contributed by atoms with Crippen molar-refractivity contribution in [3.8, 4) is 0 Å². The van der Waals surface area contributed by atoms with Crippen LogP contribution in [0.4, 0.5) is 0 Å². The second-order valence-corrected chi connectivity index (χ2v) is 9.48. The molecule has 3 rings (SSSR count). The summed E-state index contributed by atoms with van der Waals surface area (Å²) in [7, 11) is 0. The summed E-state index contributed by atoms with van der Waals surface area (Å²) in [5.41, 5.74) is 2.97. The molecule has 2 aromatic rings. The van der Waals surface area contributed by atoms with E-state index in [2.05, 4.69) is 26.6 Å². The molecule has 0 bridgehead atoms. The summed E-state index contributed by atoms with van der Waals surface area (Å²) in [6, 6.07) is 17.0. The van der Waals surface area contributed by atoms with Crippen LogP contribution in [0.5, 0.6) is 0 Å². The summed E-state index contributed by atoms with van der Waals surface area (Å²) in [6.45, 7) is 0.112. The highest BCUT2D eigenvalue weighted by atomic mass is 79.9. The van der Waals surface area contributed by atoms with Gasteiger partial charge in [0.15, 0.2) is 0 Å². The number of halogens is 1. The fraction of sp³-hybridized carbons (Fsp3) is 0.462. The van der Waals surface area contributed by atoms with Crippen molar-refractivity contribution >= 4 is 27.7 Å². The zero-order valence-electron chi connectivity index (χ0n) is 18.8. The third kappa shape index (κ3) is 7.66. The quantitative estimate of drug-likeness (QED) is 0.257. The zero-order chi connectivity index (χ0) is 23.6. The molecule has 1 aliphatic carbocycles. The summed E-state index contributed by atoms with van der Waals surface area (Å²) >= 11 is 3.35. The Bertz CT molecular complexity index is 908. The van der Waals surface area contributed by atoms with Gasteiger partial charge in [-0.15, -0.1) is 0 Å². The van der Waals surface area contributed by atoms with E-state index in [0.29, 0.717) is 19.3 Å². The molecule has 0 fully saturated rings. The van der Waals surface area contributed by atoms with Gasteiger partial charge < -0.3 is 20.8 Å². The maximum Gasteiger partial charge on any atom is 0.224 e. The minimum atomic E-state index is -0.842. The van der Waals surface area contributed by atoms with E-state index in [1.54, 1.807) is 0 Å². The number of carbonyl (C=O) groups is 2. The van der Waals surface area contributed by atoms with Crippen LogP contribution < -0.4 is 10.6 Å². The number of hydrogen-bond donors (Lipinski definition) is 4. The van der Waals surface area contributed by atoms with E-state index in [-0.39, 0.29) is 24.8 Å². The number of fused-ring (bicyclic) bond motifs is 1. The number of rotatable bonds is 12. The largest absolute Gasteiger partial charge is 0.391 e. The highest BCUT2D eigenvalue weighted by molar-refractivity contribution is 9.09. The van der Waals surface area contributed by atoms with Gasteiger partial charge in [0, 0.05) is 30.6 Å². The predicted octanol–water partition coefficient (Wildman–Crippen LogP) is 3.05. The fourth-order valence-electron chi connectivity index (χ4n) is 4.31. The van der Waals surface area contributed by atoms with E-state index in [0.717, 1.165) is 34.9 Å². The third-order valence-electron chi connectivity index (χ3n) is 6.08. The smallest absolute Gasteiger partial charge is 0.224 e.